The minimum atomic E-state index is -0.0930. The molecular weight excluding hydrogens is 374 g/mol. The molecule has 0 aliphatic rings. The van der Waals surface area contributed by atoms with Crippen molar-refractivity contribution in [1.82, 2.24) is 14.9 Å². The van der Waals surface area contributed by atoms with Gasteiger partial charge in [0.1, 0.15) is 11.6 Å². The highest BCUT2D eigenvalue weighted by Gasteiger charge is 2.11. The van der Waals surface area contributed by atoms with Crippen molar-refractivity contribution in [1.29, 1.82) is 0 Å². The first-order valence-corrected chi connectivity index (χ1v) is 10.1. The van der Waals surface area contributed by atoms with Gasteiger partial charge in [-0.15, -0.1) is 0 Å². The average molecular weight is 399 g/mol. The Morgan fingerprint density at radius 1 is 0.933 bits per heavy atom. The smallest absolute Gasteiger partial charge is 0.251 e. The zero-order valence-electron chi connectivity index (χ0n) is 17.0. The van der Waals surface area contributed by atoms with Crippen molar-refractivity contribution in [2.75, 3.05) is 13.7 Å². The first kappa shape index (κ1) is 19.7. The molecule has 3 aromatic carbocycles. The lowest BCUT2D eigenvalue weighted by Crippen LogP contribution is -2.26. The van der Waals surface area contributed by atoms with Gasteiger partial charge < -0.3 is 14.6 Å². The Labute approximate surface area is 176 Å². The molecule has 0 aliphatic heterocycles. The molecule has 0 aliphatic carbocycles. The molecule has 0 saturated heterocycles. The minimum absolute atomic E-state index is 0.0930. The van der Waals surface area contributed by atoms with Gasteiger partial charge in [-0.25, -0.2) is 4.98 Å². The molecule has 4 aromatic rings. The molecule has 5 nitrogen and oxygen atoms in total. The number of carbonyl (C=O) groups excluding carboxylic acids is 1. The van der Waals surface area contributed by atoms with Crippen molar-refractivity contribution in [3.8, 4) is 5.75 Å². The third kappa shape index (κ3) is 4.51. The predicted molar refractivity (Wildman–Crippen MR) is 119 cm³/mol. The number of nitrogens with one attached hydrogen (secondary N) is 1. The lowest BCUT2D eigenvalue weighted by molar-refractivity contribution is 0.0954. The van der Waals surface area contributed by atoms with E-state index in [0.29, 0.717) is 18.5 Å². The summed E-state index contributed by atoms with van der Waals surface area (Å²) in [5.74, 6) is 1.63. The summed E-state index contributed by atoms with van der Waals surface area (Å²) in [6, 6.07) is 25.8. The number of hydrogen-bond donors (Lipinski definition) is 1. The number of aromatic nitrogens is 2. The molecule has 0 unspecified atom stereocenters. The summed E-state index contributed by atoms with van der Waals surface area (Å²) in [4.78, 5) is 17.2. The fourth-order valence-electron chi connectivity index (χ4n) is 3.58. The Hall–Kier alpha value is -3.60. The first-order chi connectivity index (χ1) is 14.7. The predicted octanol–water partition coefficient (Wildman–Crippen LogP) is 4.26. The minimum Gasteiger partial charge on any atom is -0.497 e. The average Bonchev–Trinajstić information content (AvgIpc) is 3.15. The number of benzene rings is 3. The highest BCUT2D eigenvalue weighted by atomic mass is 16.5. The van der Waals surface area contributed by atoms with E-state index in [1.165, 1.54) is 5.56 Å². The quantitative estimate of drug-likeness (QED) is 0.482. The molecule has 1 amide bonds. The van der Waals surface area contributed by atoms with Gasteiger partial charge in [-0.3, -0.25) is 4.79 Å². The van der Waals surface area contributed by atoms with Gasteiger partial charge in [-0.05, 0) is 48.4 Å². The maximum absolute atomic E-state index is 12.4. The van der Waals surface area contributed by atoms with Gasteiger partial charge in [0.2, 0.25) is 0 Å². The Bertz CT molecular complexity index is 1120. The molecule has 0 atom stereocenters. The molecule has 1 aromatic heterocycles. The number of methoxy groups -OCH3 is 1. The van der Waals surface area contributed by atoms with Crippen LogP contribution in [0.25, 0.3) is 11.0 Å². The zero-order chi connectivity index (χ0) is 20.8. The molecule has 5 heteroatoms. The number of ether oxygens (including phenoxy) is 1. The normalized spacial score (nSPS) is 10.8. The molecular formula is C25H25N3O2. The zero-order valence-corrected chi connectivity index (χ0v) is 17.0. The van der Waals surface area contributed by atoms with Crippen molar-refractivity contribution >= 4 is 16.9 Å². The number of carbonyl (C=O) groups is 1. The van der Waals surface area contributed by atoms with E-state index in [0.717, 1.165) is 35.6 Å². The number of nitrogens with zero attached hydrogens (tertiary/aromatic N) is 2. The molecule has 1 heterocycles. The third-order valence-electron chi connectivity index (χ3n) is 5.19. The molecule has 30 heavy (non-hydrogen) atoms. The van der Waals surface area contributed by atoms with E-state index < -0.39 is 0 Å². The number of imidazole rings is 1. The monoisotopic (exact) mass is 399 g/mol. The van der Waals surface area contributed by atoms with Crippen LogP contribution in [-0.2, 0) is 19.4 Å². The number of hydrogen-bond acceptors (Lipinski definition) is 3. The van der Waals surface area contributed by atoms with E-state index in [-0.39, 0.29) is 5.91 Å². The molecule has 0 spiro atoms. The molecule has 4 rings (SSSR count). The second-order valence-electron chi connectivity index (χ2n) is 7.14. The van der Waals surface area contributed by atoms with Crippen molar-refractivity contribution in [3.63, 3.8) is 0 Å². The van der Waals surface area contributed by atoms with E-state index >= 15 is 0 Å². The van der Waals surface area contributed by atoms with E-state index in [2.05, 4.69) is 40.2 Å². The highest BCUT2D eigenvalue weighted by Crippen LogP contribution is 2.17. The van der Waals surface area contributed by atoms with Crippen LogP contribution >= 0.6 is 0 Å². The lowest BCUT2D eigenvalue weighted by atomic mass is 10.1. The number of rotatable bonds is 8. The summed E-state index contributed by atoms with van der Waals surface area (Å²) >= 11 is 0. The molecule has 0 saturated carbocycles. The summed E-state index contributed by atoms with van der Waals surface area (Å²) < 4.78 is 7.41. The summed E-state index contributed by atoms with van der Waals surface area (Å²) in [6.45, 7) is 1.38. The van der Waals surface area contributed by atoms with E-state index in [1.807, 2.05) is 24.3 Å². The van der Waals surface area contributed by atoms with E-state index in [9.17, 15) is 4.79 Å². The largest absolute Gasteiger partial charge is 0.497 e. The van der Waals surface area contributed by atoms with Gasteiger partial charge in [0.05, 0.1) is 18.1 Å². The first-order valence-electron chi connectivity index (χ1n) is 10.1. The van der Waals surface area contributed by atoms with Crippen LogP contribution in [0.5, 0.6) is 5.75 Å². The topological polar surface area (TPSA) is 56.1 Å². The van der Waals surface area contributed by atoms with Crippen molar-refractivity contribution < 1.29 is 9.53 Å². The van der Waals surface area contributed by atoms with Crippen LogP contribution in [0, 0.1) is 0 Å². The fraction of sp³-hybridized carbons (Fsp3) is 0.200. The van der Waals surface area contributed by atoms with Gasteiger partial charge in [-0.1, -0.05) is 42.5 Å². The van der Waals surface area contributed by atoms with Crippen molar-refractivity contribution in [2.45, 2.75) is 19.4 Å². The van der Waals surface area contributed by atoms with Crippen LogP contribution < -0.4 is 10.1 Å². The van der Waals surface area contributed by atoms with Crippen LogP contribution in [0.4, 0.5) is 0 Å². The Morgan fingerprint density at radius 2 is 1.67 bits per heavy atom. The highest BCUT2D eigenvalue weighted by molar-refractivity contribution is 5.94. The number of amides is 1. The molecule has 0 bridgehead atoms. The standard InChI is InChI=1S/C25H25N3O2/c1-30-21-13-11-20(12-14-21)25(29)26-17-15-24-27-22-9-5-6-10-23(22)28(24)18-16-19-7-3-2-4-8-19/h2-14H,15-18H2,1H3,(H,26,29). The molecule has 0 fully saturated rings. The summed E-state index contributed by atoms with van der Waals surface area (Å²) in [6.07, 6.45) is 1.61. The summed E-state index contributed by atoms with van der Waals surface area (Å²) in [5.41, 5.74) is 4.04. The van der Waals surface area contributed by atoms with Gasteiger partial charge >= 0.3 is 0 Å². The maximum Gasteiger partial charge on any atom is 0.251 e. The van der Waals surface area contributed by atoms with Crippen molar-refractivity contribution in [2.24, 2.45) is 0 Å². The van der Waals surface area contributed by atoms with Gasteiger partial charge in [-0.2, -0.15) is 0 Å². The molecule has 1 N–H and O–H groups in total. The third-order valence-corrected chi connectivity index (χ3v) is 5.19. The molecule has 0 radical (unpaired) electrons. The van der Waals surface area contributed by atoms with Crippen LogP contribution in [0.15, 0.2) is 78.9 Å². The van der Waals surface area contributed by atoms with Crippen LogP contribution in [0.2, 0.25) is 0 Å². The Balaban J connectivity index is 1.44. The molecule has 152 valence electrons. The number of para-hydroxylation sites is 2. The van der Waals surface area contributed by atoms with E-state index in [1.54, 1.807) is 31.4 Å². The lowest BCUT2D eigenvalue weighted by Gasteiger charge is -2.10. The Morgan fingerprint density at radius 3 is 2.43 bits per heavy atom. The maximum atomic E-state index is 12.4. The summed E-state index contributed by atoms with van der Waals surface area (Å²) in [7, 11) is 1.61. The van der Waals surface area contributed by atoms with Crippen LogP contribution in [0.1, 0.15) is 21.7 Å². The van der Waals surface area contributed by atoms with Gasteiger partial charge in [0, 0.05) is 25.1 Å². The van der Waals surface area contributed by atoms with Crippen LogP contribution in [0.3, 0.4) is 0 Å². The van der Waals surface area contributed by atoms with E-state index in [4.69, 9.17) is 9.72 Å². The van der Waals surface area contributed by atoms with Gasteiger partial charge in [0.25, 0.3) is 5.91 Å². The number of fused-ring (bicyclic) bond motifs is 1. The second-order valence-corrected chi connectivity index (χ2v) is 7.14. The van der Waals surface area contributed by atoms with Crippen molar-refractivity contribution in [3.05, 3.63) is 95.8 Å². The van der Waals surface area contributed by atoms with Gasteiger partial charge in [0.15, 0.2) is 0 Å². The second kappa shape index (κ2) is 9.27. The SMILES string of the molecule is COc1ccc(C(=O)NCCc2nc3ccccc3n2CCc2ccccc2)cc1. The van der Waals surface area contributed by atoms with Crippen LogP contribution in [-0.4, -0.2) is 29.1 Å². The fourth-order valence-corrected chi connectivity index (χ4v) is 3.58. The number of aryl methyl sites for hydroxylation is 2. The summed E-state index contributed by atoms with van der Waals surface area (Å²) in [5, 5.41) is 3.00. The Kier molecular flexibility index (Phi) is 6.09.